The molecule has 0 N–H and O–H groups in total. The quantitative estimate of drug-likeness (QED) is 0.411. The Balaban J connectivity index is 2.53. The summed E-state index contributed by atoms with van der Waals surface area (Å²) >= 11 is 2.19. The summed E-state index contributed by atoms with van der Waals surface area (Å²) in [6.07, 6.45) is 8.86. The minimum Gasteiger partial charge on any atom is -0.458 e. The molecule has 0 aliphatic heterocycles. The summed E-state index contributed by atoms with van der Waals surface area (Å²) in [6, 6.07) is 0. The summed E-state index contributed by atoms with van der Waals surface area (Å²) in [5.41, 5.74) is -0.105. The first-order valence-electron chi connectivity index (χ1n) is 6.50. The van der Waals surface area contributed by atoms with Crippen LogP contribution in [0.15, 0.2) is 0 Å². The standard InChI is InChI=1S/C13H23IO2/c1-3-5-8-13(9-6-7-10-13)16-12(15)11(14)4-2/h11H,3-10H2,1-2H3. The molecule has 1 fully saturated rings. The lowest BCUT2D eigenvalue weighted by Gasteiger charge is -2.30. The van der Waals surface area contributed by atoms with Crippen molar-refractivity contribution in [3.8, 4) is 0 Å². The Morgan fingerprint density at radius 3 is 2.50 bits per heavy atom. The third-order valence-corrected chi connectivity index (χ3v) is 4.82. The third-order valence-electron chi connectivity index (χ3n) is 3.43. The van der Waals surface area contributed by atoms with Gasteiger partial charge < -0.3 is 4.74 Å². The highest BCUT2D eigenvalue weighted by Gasteiger charge is 2.37. The molecule has 0 aromatic rings. The van der Waals surface area contributed by atoms with E-state index in [0.29, 0.717) is 0 Å². The Morgan fingerprint density at radius 1 is 1.38 bits per heavy atom. The number of carbonyl (C=O) groups is 1. The second-order valence-electron chi connectivity index (χ2n) is 4.79. The molecule has 0 aromatic heterocycles. The largest absolute Gasteiger partial charge is 0.458 e. The summed E-state index contributed by atoms with van der Waals surface area (Å²) in [4.78, 5) is 11.9. The maximum Gasteiger partial charge on any atom is 0.319 e. The maximum absolute atomic E-state index is 11.9. The number of esters is 1. The minimum atomic E-state index is -0.105. The van der Waals surface area contributed by atoms with Crippen LogP contribution >= 0.6 is 22.6 Å². The van der Waals surface area contributed by atoms with E-state index in [1.165, 1.54) is 25.7 Å². The number of hydrogen-bond donors (Lipinski definition) is 0. The Hall–Kier alpha value is 0.200. The lowest BCUT2D eigenvalue weighted by molar-refractivity contribution is -0.159. The average molecular weight is 338 g/mol. The van der Waals surface area contributed by atoms with E-state index in [2.05, 4.69) is 29.5 Å². The fourth-order valence-electron chi connectivity index (χ4n) is 2.37. The molecule has 0 amide bonds. The molecule has 0 heterocycles. The van der Waals surface area contributed by atoms with Gasteiger partial charge in [0.05, 0.1) is 0 Å². The predicted molar refractivity (Wildman–Crippen MR) is 74.9 cm³/mol. The van der Waals surface area contributed by atoms with Crippen molar-refractivity contribution in [3.63, 3.8) is 0 Å². The molecule has 1 rings (SSSR count). The van der Waals surface area contributed by atoms with Gasteiger partial charge in [-0.1, -0.05) is 42.9 Å². The lowest BCUT2D eigenvalue weighted by atomic mass is 9.94. The summed E-state index contributed by atoms with van der Waals surface area (Å²) in [5, 5.41) is 0. The topological polar surface area (TPSA) is 26.3 Å². The monoisotopic (exact) mass is 338 g/mol. The molecule has 2 nitrogen and oxygen atoms in total. The lowest BCUT2D eigenvalue weighted by Crippen LogP contribution is -2.34. The zero-order valence-corrected chi connectivity index (χ0v) is 12.6. The zero-order chi connectivity index (χ0) is 12.0. The molecule has 0 saturated heterocycles. The first-order chi connectivity index (χ1) is 7.63. The molecule has 0 spiro atoms. The van der Waals surface area contributed by atoms with E-state index in [4.69, 9.17) is 4.74 Å². The summed E-state index contributed by atoms with van der Waals surface area (Å²) in [7, 11) is 0. The van der Waals surface area contributed by atoms with Gasteiger partial charge in [0.2, 0.25) is 0 Å². The smallest absolute Gasteiger partial charge is 0.319 e. The molecule has 1 aliphatic carbocycles. The van der Waals surface area contributed by atoms with E-state index in [0.717, 1.165) is 25.7 Å². The van der Waals surface area contributed by atoms with E-state index in [1.54, 1.807) is 0 Å². The van der Waals surface area contributed by atoms with Crippen molar-refractivity contribution in [2.24, 2.45) is 0 Å². The van der Waals surface area contributed by atoms with Crippen LogP contribution in [0, 0.1) is 0 Å². The number of alkyl halides is 1. The summed E-state index contributed by atoms with van der Waals surface area (Å²) < 4.78 is 5.83. The number of carbonyl (C=O) groups excluding carboxylic acids is 1. The number of hydrogen-bond acceptors (Lipinski definition) is 2. The van der Waals surface area contributed by atoms with Crippen LogP contribution in [0.25, 0.3) is 0 Å². The predicted octanol–water partition coefficient (Wildman–Crippen LogP) is 4.25. The van der Waals surface area contributed by atoms with Crippen LogP contribution in [0.1, 0.15) is 65.2 Å². The van der Waals surface area contributed by atoms with Gasteiger partial charge in [0.25, 0.3) is 0 Å². The maximum atomic E-state index is 11.9. The van der Waals surface area contributed by atoms with E-state index < -0.39 is 0 Å². The average Bonchev–Trinajstić information content (AvgIpc) is 2.74. The number of rotatable bonds is 6. The van der Waals surface area contributed by atoms with Crippen LogP contribution in [0.3, 0.4) is 0 Å². The molecular weight excluding hydrogens is 315 g/mol. The molecule has 1 unspecified atom stereocenters. The second kappa shape index (κ2) is 6.82. The van der Waals surface area contributed by atoms with Crippen LogP contribution in [-0.4, -0.2) is 15.5 Å². The van der Waals surface area contributed by atoms with Gasteiger partial charge in [0, 0.05) is 0 Å². The molecular formula is C13H23IO2. The first kappa shape index (κ1) is 14.3. The van der Waals surface area contributed by atoms with Gasteiger partial charge in [-0.15, -0.1) is 0 Å². The Bertz CT molecular complexity index is 222. The first-order valence-corrected chi connectivity index (χ1v) is 7.75. The van der Waals surface area contributed by atoms with Gasteiger partial charge in [-0.05, 0) is 44.9 Å². The number of halogens is 1. The van der Waals surface area contributed by atoms with Gasteiger partial charge in [-0.25, -0.2) is 0 Å². The molecule has 1 atom stereocenters. The highest BCUT2D eigenvalue weighted by Crippen LogP contribution is 2.38. The zero-order valence-electron chi connectivity index (χ0n) is 10.4. The Labute approximate surface area is 113 Å². The highest BCUT2D eigenvalue weighted by molar-refractivity contribution is 14.1. The van der Waals surface area contributed by atoms with Gasteiger partial charge in [0.1, 0.15) is 9.53 Å². The van der Waals surface area contributed by atoms with Crippen LogP contribution in [0.5, 0.6) is 0 Å². The SMILES string of the molecule is CCCCC1(OC(=O)C(I)CC)CCCC1. The highest BCUT2D eigenvalue weighted by atomic mass is 127. The van der Waals surface area contributed by atoms with Crippen molar-refractivity contribution in [3.05, 3.63) is 0 Å². The van der Waals surface area contributed by atoms with E-state index in [-0.39, 0.29) is 15.5 Å². The Morgan fingerprint density at radius 2 is 2.00 bits per heavy atom. The van der Waals surface area contributed by atoms with Crippen LogP contribution in [0.4, 0.5) is 0 Å². The van der Waals surface area contributed by atoms with E-state index in [9.17, 15) is 4.79 Å². The summed E-state index contributed by atoms with van der Waals surface area (Å²) in [5.74, 6) is 0.00102. The van der Waals surface area contributed by atoms with Gasteiger partial charge in [0.15, 0.2) is 0 Å². The molecule has 3 heteroatoms. The van der Waals surface area contributed by atoms with E-state index in [1.807, 2.05) is 6.92 Å². The van der Waals surface area contributed by atoms with E-state index >= 15 is 0 Å². The van der Waals surface area contributed by atoms with Gasteiger partial charge in [-0.3, -0.25) is 4.79 Å². The second-order valence-corrected chi connectivity index (χ2v) is 6.29. The molecule has 0 aromatic carbocycles. The molecule has 1 aliphatic rings. The molecule has 1 saturated carbocycles. The Kier molecular flexibility index (Phi) is 6.08. The van der Waals surface area contributed by atoms with Crippen LogP contribution < -0.4 is 0 Å². The fourth-order valence-corrected chi connectivity index (χ4v) is 2.49. The van der Waals surface area contributed by atoms with Crippen molar-refractivity contribution in [2.75, 3.05) is 0 Å². The van der Waals surface area contributed by atoms with Gasteiger partial charge in [-0.2, -0.15) is 0 Å². The van der Waals surface area contributed by atoms with Crippen LogP contribution in [-0.2, 0) is 9.53 Å². The molecule has 94 valence electrons. The molecule has 16 heavy (non-hydrogen) atoms. The molecule has 0 radical (unpaired) electrons. The van der Waals surface area contributed by atoms with Gasteiger partial charge >= 0.3 is 5.97 Å². The van der Waals surface area contributed by atoms with Crippen molar-refractivity contribution in [2.45, 2.75) is 74.7 Å². The van der Waals surface area contributed by atoms with Crippen molar-refractivity contribution in [1.29, 1.82) is 0 Å². The van der Waals surface area contributed by atoms with Crippen molar-refractivity contribution >= 4 is 28.6 Å². The normalized spacial score (nSPS) is 20.7. The third kappa shape index (κ3) is 3.90. The number of unbranched alkanes of at least 4 members (excludes halogenated alkanes) is 1. The minimum absolute atomic E-state index is 0.00102. The van der Waals surface area contributed by atoms with Crippen LogP contribution in [0.2, 0.25) is 0 Å². The van der Waals surface area contributed by atoms with Crippen molar-refractivity contribution in [1.82, 2.24) is 0 Å². The van der Waals surface area contributed by atoms with Crippen molar-refractivity contribution < 1.29 is 9.53 Å². The fraction of sp³-hybridized carbons (Fsp3) is 0.923. The number of ether oxygens (including phenoxy) is 1. The molecule has 0 bridgehead atoms. The summed E-state index contributed by atoms with van der Waals surface area (Å²) in [6.45, 7) is 4.23.